The third kappa shape index (κ3) is 5.29. The molecule has 0 spiro atoms. The molecule has 3 aliphatic rings. The Morgan fingerprint density at radius 2 is 1.63 bits per heavy atom. The second-order valence-corrected chi connectivity index (χ2v) is 12.9. The van der Waals surface area contributed by atoms with Crippen LogP contribution in [0.1, 0.15) is 71.9 Å². The van der Waals surface area contributed by atoms with E-state index in [-0.39, 0.29) is 29.5 Å². The predicted octanol–water partition coefficient (Wildman–Crippen LogP) is 4.93. The van der Waals surface area contributed by atoms with Gasteiger partial charge in [0.05, 0.1) is 21.9 Å². The number of fused-ring (bicyclic) bond motifs is 1. The lowest BCUT2D eigenvalue weighted by Crippen LogP contribution is -2.43. The lowest BCUT2D eigenvalue weighted by atomic mass is 9.63. The van der Waals surface area contributed by atoms with Gasteiger partial charge in [-0.3, -0.25) is 13.8 Å². The minimum Gasteiger partial charge on any atom is -0.364 e. The molecular weight excluding hydrogens is 546 g/mol. The molecule has 0 radical (unpaired) electrons. The van der Waals surface area contributed by atoms with Crippen LogP contribution in [0.4, 0.5) is 14.6 Å². The van der Waals surface area contributed by atoms with Gasteiger partial charge in [0, 0.05) is 49.7 Å². The Kier molecular flexibility index (Phi) is 7.44. The van der Waals surface area contributed by atoms with Crippen LogP contribution in [-0.4, -0.2) is 56.2 Å². The molecule has 1 unspecified atom stereocenters. The number of piperidine rings is 1. The molecule has 41 heavy (non-hydrogen) atoms. The number of anilines is 1. The molecule has 1 saturated carbocycles. The van der Waals surface area contributed by atoms with Crippen molar-refractivity contribution in [2.24, 2.45) is 0 Å². The highest BCUT2D eigenvalue weighted by atomic mass is 32.2. The van der Waals surface area contributed by atoms with Gasteiger partial charge < -0.3 is 10.2 Å². The number of likely N-dealkylation sites (tertiary alicyclic amines) is 1. The Bertz CT molecular complexity index is 1500. The first-order chi connectivity index (χ1) is 19.7. The van der Waals surface area contributed by atoms with Gasteiger partial charge in [-0.1, -0.05) is 12.1 Å². The normalized spacial score (nSPS) is 26.1. The van der Waals surface area contributed by atoms with Crippen LogP contribution in [0.3, 0.4) is 0 Å². The lowest BCUT2D eigenvalue weighted by Gasteiger charge is -2.39. The average Bonchev–Trinajstić information content (AvgIpc) is 3.36. The van der Waals surface area contributed by atoms with E-state index in [0.717, 1.165) is 11.3 Å². The smallest absolute Gasteiger partial charge is 0.222 e. The van der Waals surface area contributed by atoms with E-state index in [1.54, 1.807) is 24.1 Å². The number of Topliss-reactive ketones (excluding diaryl/α,β-unsaturated/α-hetero) is 1. The topological polar surface area (TPSA) is 92.3 Å². The number of likely N-dealkylation sites (N-methyl/N-ethyl adjacent to an activating group) is 1. The maximum Gasteiger partial charge on any atom is 0.222 e. The maximum atomic E-state index is 14.0. The van der Waals surface area contributed by atoms with Crippen molar-refractivity contribution in [3.63, 3.8) is 0 Å². The van der Waals surface area contributed by atoms with Gasteiger partial charge in [0.15, 0.2) is 5.78 Å². The van der Waals surface area contributed by atoms with Crippen molar-refractivity contribution < 1.29 is 22.6 Å². The SMILES string of the molecule is CN1C[C@@H](Nc2nc(C3CCC(C(=O)c4ccc(F)cc4)(c4ccc(F)cc4)CC3)nc3c2S(=O)CC3)CCC1=O. The zero-order valence-corrected chi connectivity index (χ0v) is 23.7. The van der Waals surface area contributed by atoms with Crippen molar-refractivity contribution in [1.29, 1.82) is 0 Å². The Balaban J connectivity index is 1.29. The van der Waals surface area contributed by atoms with Crippen LogP contribution in [-0.2, 0) is 27.4 Å². The number of nitrogens with one attached hydrogen (secondary N) is 1. The highest BCUT2D eigenvalue weighted by Gasteiger charge is 2.44. The van der Waals surface area contributed by atoms with Gasteiger partial charge in [-0.15, -0.1) is 0 Å². The summed E-state index contributed by atoms with van der Waals surface area (Å²) in [5, 5.41) is 3.48. The second kappa shape index (κ2) is 11.0. The Morgan fingerprint density at radius 3 is 2.29 bits per heavy atom. The number of carbonyl (C=O) groups is 2. The minimum absolute atomic E-state index is 0.00737. The summed E-state index contributed by atoms with van der Waals surface area (Å²) in [6.07, 6.45) is 4.02. The summed E-state index contributed by atoms with van der Waals surface area (Å²) < 4.78 is 40.3. The fraction of sp³-hybridized carbons (Fsp3) is 0.419. The average molecular weight is 579 g/mol. The van der Waals surface area contributed by atoms with Gasteiger partial charge in [0.1, 0.15) is 28.2 Å². The Hall–Kier alpha value is -3.53. The monoisotopic (exact) mass is 578 g/mol. The molecule has 2 fully saturated rings. The molecule has 3 aromatic rings. The zero-order valence-electron chi connectivity index (χ0n) is 22.9. The molecule has 1 aliphatic carbocycles. The van der Waals surface area contributed by atoms with Crippen molar-refractivity contribution >= 4 is 28.3 Å². The Labute approximate surface area is 240 Å². The molecule has 2 aromatic carbocycles. The van der Waals surface area contributed by atoms with Crippen molar-refractivity contribution in [3.8, 4) is 0 Å². The van der Waals surface area contributed by atoms with Gasteiger partial charge in [-0.25, -0.2) is 18.7 Å². The standard InChI is InChI=1S/C31H32F2N4O3S/c1-37-18-24(10-11-26(37)38)34-30-27-25(14-17-41(27)40)35-29(36-30)20-12-15-31(16-13-20,21-4-8-23(33)9-5-21)28(39)19-2-6-22(32)7-3-19/h2-9,20,24H,10-18H2,1H3,(H,34,35,36)/t20?,24-,31?,41?/m0/s1. The fourth-order valence-corrected chi connectivity index (χ4v) is 7.80. The molecule has 1 N–H and O–H groups in total. The number of aromatic nitrogens is 2. The highest BCUT2D eigenvalue weighted by molar-refractivity contribution is 7.85. The van der Waals surface area contributed by atoms with Crippen molar-refractivity contribution in [1.82, 2.24) is 14.9 Å². The third-order valence-electron chi connectivity index (χ3n) is 8.81. The summed E-state index contributed by atoms with van der Waals surface area (Å²) in [4.78, 5) is 38.1. The zero-order chi connectivity index (χ0) is 28.7. The van der Waals surface area contributed by atoms with E-state index < -0.39 is 22.0 Å². The lowest BCUT2D eigenvalue weighted by molar-refractivity contribution is -0.132. The van der Waals surface area contributed by atoms with Gasteiger partial charge in [-0.2, -0.15) is 0 Å². The van der Waals surface area contributed by atoms with E-state index in [9.17, 15) is 22.6 Å². The largest absolute Gasteiger partial charge is 0.364 e. The fourth-order valence-electron chi connectivity index (χ4n) is 6.48. The number of carbonyl (C=O) groups excluding carboxylic acids is 2. The molecule has 3 heterocycles. The molecule has 1 saturated heterocycles. The molecule has 6 rings (SSSR count). The summed E-state index contributed by atoms with van der Waals surface area (Å²) in [7, 11) is 0.603. The number of nitrogens with zero attached hydrogens (tertiary/aromatic N) is 3. The summed E-state index contributed by atoms with van der Waals surface area (Å²) >= 11 is 0. The highest BCUT2D eigenvalue weighted by Crippen LogP contribution is 2.47. The molecule has 1 amide bonds. The van der Waals surface area contributed by atoms with Crippen LogP contribution >= 0.6 is 0 Å². The molecule has 2 atom stereocenters. The minimum atomic E-state index is -1.18. The van der Waals surface area contributed by atoms with Gasteiger partial charge in [-0.05, 0) is 74.1 Å². The van der Waals surface area contributed by atoms with Crippen LogP contribution in [0.5, 0.6) is 0 Å². The summed E-state index contributed by atoms with van der Waals surface area (Å²) in [6, 6.07) is 11.7. The van der Waals surface area contributed by atoms with Crippen molar-refractivity contribution in [3.05, 3.63) is 82.8 Å². The van der Waals surface area contributed by atoms with E-state index in [4.69, 9.17) is 9.97 Å². The number of hydrogen-bond donors (Lipinski definition) is 1. The van der Waals surface area contributed by atoms with E-state index in [2.05, 4.69) is 5.32 Å². The quantitative estimate of drug-likeness (QED) is 0.417. The van der Waals surface area contributed by atoms with E-state index in [1.165, 1.54) is 36.4 Å². The molecule has 10 heteroatoms. The molecular formula is C31H32F2N4O3S. The molecule has 0 bridgehead atoms. The number of hydrogen-bond acceptors (Lipinski definition) is 6. The number of rotatable bonds is 6. The first kappa shape index (κ1) is 27.6. The van der Waals surface area contributed by atoms with E-state index >= 15 is 0 Å². The van der Waals surface area contributed by atoms with Crippen LogP contribution in [0, 0.1) is 11.6 Å². The summed E-state index contributed by atoms with van der Waals surface area (Å²) in [5.41, 5.74) is 1.09. The predicted molar refractivity (Wildman–Crippen MR) is 151 cm³/mol. The molecule has 2 aliphatic heterocycles. The molecule has 7 nitrogen and oxygen atoms in total. The third-order valence-corrected chi connectivity index (χ3v) is 10.3. The van der Waals surface area contributed by atoms with Crippen LogP contribution < -0.4 is 5.32 Å². The van der Waals surface area contributed by atoms with Crippen LogP contribution in [0.2, 0.25) is 0 Å². The number of ketones is 1. The molecule has 214 valence electrons. The van der Waals surface area contributed by atoms with Gasteiger partial charge >= 0.3 is 0 Å². The first-order valence-electron chi connectivity index (χ1n) is 14.1. The first-order valence-corrected chi connectivity index (χ1v) is 15.4. The van der Waals surface area contributed by atoms with Crippen LogP contribution in [0.25, 0.3) is 0 Å². The molecule has 1 aromatic heterocycles. The number of amides is 1. The summed E-state index contributed by atoms with van der Waals surface area (Å²) in [5.74, 6) is 0.985. The second-order valence-electron chi connectivity index (χ2n) is 11.4. The number of aryl methyl sites for hydroxylation is 1. The Morgan fingerprint density at radius 1 is 0.976 bits per heavy atom. The van der Waals surface area contributed by atoms with E-state index in [1.807, 2.05) is 0 Å². The maximum absolute atomic E-state index is 14.0. The van der Waals surface area contributed by atoms with Gasteiger partial charge in [0.25, 0.3) is 0 Å². The van der Waals surface area contributed by atoms with Crippen molar-refractivity contribution in [2.75, 3.05) is 24.7 Å². The van der Waals surface area contributed by atoms with E-state index in [0.29, 0.717) is 79.3 Å². The number of halogens is 2. The van der Waals surface area contributed by atoms with Gasteiger partial charge in [0.2, 0.25) is 5.91 Å². The summed E-state index contributed by atoms with van der Waals surface area (Å²) in [6.45, 7) is 0.550. The van der Waals surface area contributed by atoms with Crippen LogP contribution in [0.15, 0.2) is 53.4 Å². The number of benzene rings is 2. The van der Waals surface area contributed by atoms with Crippen molar-refractivity contribution in [2.45, 2.75) is 67.2 Å².